The number of nitrogens with one attached hydrogen (secondary N) is 1. The van der Waals surface area contributed by atoms with Crippen molar-refractivity contribution in [2.24, 2.45) is 0 Å². The third-order valence-electron chi connectivity index (χ3n) is 2.66. The minimum atomic E-state index is -0.501. The first-order valence-electron chi connectivity index (χ1n) is 5.69. The molecule has 0 aliphatic carbocycles. The number of hydrogen-bond donors (Lipinski definition) is 1. The predicted molar refractivity (Wildman–Crippen MR) is 74.4 cm³/mol. The highest BCUT2D eigenvalue weighted by atomic mass is 35.5. The first-order chi connectivity index (χ1) is 9.08. The zero-order chi connectivity index (χ0) is 13.8. The molecule has 0 spiro atoms. The molecule has 1 heterocycles. The Kier molecular flexibility index (Phi) is 3.97. The van der Waals surface area contributed by atoms with E-state index < -0.39 is 4.92 Å². The largest absolute Gasteiger partial charge is 0.377 e. The molecule has 5 nitrogen and oxygen atoms in total. The smallest absolute Gasteiger partial charge is 0.289 e. The Bertz CT molecular complexity index is 590. The van der Waals surface area contributed by atoms with Crippen LogP contribution in [0.1, 0.15) is 18.7 Å². The minimum Gasteiger partial charge on any atom is -0.377 e. The summed E-state index contributed by atoms with van der Waals surface area (Å²) < 4.78 is 0. The number of hydrogen-bond acceptors (Lipinski definition) is 4. The Morgan fingerprint density at radius 1 is 1.37 bits per heavy atom. The van der Waals surface area contributed by atoms with E-state index in [4.69, 9.17) is 11.6 Å². The van der Waals surface area contributed by atoms with Crippen molar-refractivity contribution < 1.29 is 4.92 Å². The van der Waals surface area contributed by atoms with Crippen molar-refractivity contribution in [1.29, 1.82) is 0 Å². The molecule has 0 amide bonds. The molecule has 1 atom stereocenters. The topological polar surface area (TPSA) is 68.1 Å². The van der Waals surface area contributed by atoms with E-state index in [1.54, 1.807) is 12.3 Å². The number of aromatic nitrogens is 1. The van der Waals surface area contributed by atoms with Gasteiger partial charge in [0, 0.05) is 18.0 Å². The van der Waals surface area contributed by atoms with E-state index in [1.807, 2.05) is 25.1 Å². The van der Waals surface area contributed by atoms with Crippen LogP contribution in [0.15, 0.2) is 42.6 Å². The molecule has 1 aromatic carbocycles. The molecule has 0 radical (unpaired) electrons. The Balaban J connectivity index is 2.20. The van der Waals surface area contributed by atoms with Crippen LogP contribution in [0.4, 0.5) is 11.4 Å². The molecule has 6 heteroatoms. The summed E-state index contributed by atoms with van der Waals surface area (Å²) in [6.07, 6.45) is 1.71. The van der Waals surface area contributed by atoms with E-state index in [9.17, 15) is 10.1 Å². The fraction of sp³-hybridized carbons (Fsp3) is 0.154. The summed E-state index contributed by atoms with van der Waals surface area (Å²) in [5.74, 6) is 0. The summed E-state index contributed by atoms with van der Waals surface area (Å²) in [6.45, 7) is 1.93. The molecular weight excluding hydrogens is 266 g/mol. The van der Waals surface area contributed by atoms with Crippen molar-refractivity contribution in [3.8, 4) is 0 Å². The molecule has 0 fully saturated rings. The van der Waals surface area contributed by atoms with Gasteiger partial charge in [-0.2, -0.15) is 0 Å². The van der Waals surface area contributed by atoms with Crippen molar-refractivity contribution in [3.05, 3.63) is 63.4 Å². The molecule has 0 aliphatic rings. The highest BCUT2D eigenvalue weighted by molar-refractivity contribution is 6.32. The van der Waals surface area contributed by atoms with Gasteiger partial charge < -0.3 is 5.32 Å². The van der Waals surface area contributed by atoms with Crippen LogP contribution in [0, 0.1) is 10.1 Å². The van der Waals surface area contributed by atoms with Gasteiger partial charge in [0.1, 0.15) is 5.02 Å². The molecule has 0 bridgehead atoms. The average molecular weight is 278 g/mol. The Morgan fingerprint density at radius 2 is 2.16 bits per heavy atom. The molecule has 1 N–H and O–H groups in total. The van der Waals surface area contributed by atoms with Crippen LogP contribution in [-0.4, -0.2) is 9.91 Å². The molecule has 1 unspecified atom stereocenters. The maximum absolute atomic E-state index is 10.8. The van der Waals surface area contributed by atoms with Crippen LogP contribution in [0.3, 0.4) is 0 Å². The van der Waals surface area contributed by atoms with Crippen molar-refractivity contribution in [3.63, 3.8) is 0 Å². The average Bonchev–Trinajstić information content (AvgIpc) is 2.41. The lowest BCUT2D eigenvalue weighted by atomic mass is 10.2. The van der Waals surface area contributed by atoms with Gasteiger partial charge in [-0.05, 0) is 31.2 Å². The monoisotopic (exact) mass is 277 g/mol. The Hall–Kier alpha value is -2.14. The lowest BCUT2D eigenvalue weighted by Gasteiger charge is -2.14. The minimum absolute atomic E-state index is 0.0537. The molecule has 0 aliphatic heterocycles. The molecule has 2 aromatic rings. The van der Waals surface area contributed by atoms with Crippen LogP contribution in [0.25, 0.3) is 0 Å². The summed E-state index contributed by atoms with van der Waals surface area (Å²) in [5, 5.41) is 14.1. The summed E-state index contributed by atoms with van der Waals surface area (Å²) in [7, 11) is 0. The Morgan fingerprint density at radius 3 is 2.79 bits per heavy atom. The van der Waals surface area contributed by atoms with Crippen LogP contribution < -0.4 is 5.32 Å². The van der Waals surface area contributed by atoms with Crippen molar-refractivity contribution >= 4 is 23.0 Å². The summed E-state index contributed by atoms with van der Waals surface area (Å²) >= 11 is 5.76. The van der Waals surface area contributed by atoms with Gasteiger partial charge >= 0.3 is 0 Å². The molecule has 0 saturated carbocycles. The standard InChI is InChI=1S/C13H12ClN3O2/c1-9(12-4-2-3-7-15-12)16-10-5-6-11(14)13(8-10)17(18)19/h2-9,16H,1H3. The lowest BCUT2D eigenvalue weighted by molar-refractivity contribution is -0.384. The number of benzene rings is 1. The molecule has 0 saturated heterocycles. The molecule has 1 aromatic heterocycles. The fourth-order valence-electron chi connectivity index (χ4n) is 1.70. The summed E-state index contributed by atoms with van der Waals surface area (Å²) in [4.78, 5) is 14.5. The van der Waals surface area contributed by atoms with Gasteiger partial charge in [0.25, 0.3) is 5.69 Å². The SMILES string of the molecule is CC(Nc1ccc(Cl)c([N+](=O)[O-])c1)c1ccccn1. The zero-order valence-electron chi connectivity index (χ0n) is 10.2. The number of halogens is 1. The number of nitrogens with zero attached hydrogens (tertiary/aromatic N) is 2. The van der Waals surface area contributed by atoms with Crippen molar-refractivity contribution in [2.45, 2.75) is 13.0 Å². The second kappa shape index (κ2) is 5.67. The number of pyridine rings is 1. The van der Waals surface area contributed by atoms with Gasteiger partial charge in [0.2, 0.25) is 0 Å². The quantitative estimate of drug-likeness (QED) is 0.681. The number of anilines is 1. The second-order valence-electron chi connectivity index (χ2n) is 4.04. The lowest BCUT2D eigenvalue weighted by Crippen LogP contribution is -2.08. The third-order valence-corrected chi connectivity index (χ3v) is 2.98. The van der Waals surface area contributed by atoms with E-state index in [0.717, 1.165) is 5.69 Å². The van der Waals surface area contributed by atoms with E-state index in [0.29, 0.717) is 5.69 Å². The van der Waals surface area contributed by atoms with E-state index >= 15 is 0 Å². The van der Waals surface area contributed by atoms with E-state index in [1.165, 1.54) is 12.1 Å². The van der Waals surface area contributed by atoms with Crippen molar-refractivity contribution in [1.82, 2.24) is 4.98 Å². The molecule has 98 valence electrons. The summed E-state index contributed by atoms with van der Waals surface area (Å²) in [6, 6.07) is 10.2. The van der Waals surface area contributed by atoms with E-state index in [2.05, 4.69) is 10.3 Å². The van der Waals surface area contributed by atoms with Gasteiger partial charge in [0.05, 0.1) is 16.7 Å². The zero-order valence-corrected chi connectivity index (χ0v) is 11.0. The first kappa shape index (κ1) is 13.3. The van der Waals surface area contributed by atoms with Gasteiger partial charge in [0.15, 0.2) is 0 Å². The van der Waals surface area contributed by atoms with Crippen LogP contribution in [-0.2, 0) is 0 Å². The van der Waals surface area contributed by atoms with E-state index in [-0.39, 0.29) is 16.8 Å². The maximum Gasteiger partial charge on any atom is 0.289 e. The maximum atomic E-state index is 10.8. The third kappa shape index (κ3) is 3.20. The molecular formula is C13H12ClN3O2. The predicted octanol–water partition coefficient (Wildman–Crippen LogP) is 3.82. The van der Waals surface area contributed by atoms with Gasteiger partial charge in [-0.15, -0.1) is 0 Å². The molecule has 2 rings (SSSR count). The first-order valence-corrected chi connectivity index (χ1v) is 6.07. The second-order valence-corrected chi connectivity index (χ2v) is 4.45. The van der Waals surface area contributed by atoms with Gasteiger partial charge in [-0.1, -0.05) is 17.7 Å². The van der Waals surface area contributed by atoms with Gasteiger partial charge in [-0.25, -0.2) is 0 Å². The number of rotatable bonds is 4. The summed E-state index contributed by atoms with van der Waals surface area (Å²) in [5.41, 5.74) is 1.38. The molecule has 19 heavy (non-hydrogen) atoms. The van der Waals surface area contributed by atoms with Crippen molar-refractivity contribution in [2.75, 3.05) is 5.32 Å². The number of nitro groups is 1. The highest BCUT2D eigenvalue weighted by Crippen LogP contribution is 2.28. The van der Waals surface area contributed by atoms with Crippen LogP contribution in [0.2, 0.25) is 5.02 Å². The Labute approximate surface area is 115 Å². The fourth-order valence-corrected chi connectivity index (χ4v) is 1.88. The normalized spacial score (nSPS) is 11.9. The van der Waals surface area contributed by atoms with Crippen LogP contribution >= 0.6 is 11.6 Å². The number of nitro benzene ring substituents is 1. The van der Waals surface area contributed by atoms with Crippen LogP contribution in [0.5, 0.6) is 0 Å². The van der Waals surface area contributed by atoms with Gasteiger partial charge in [-0.3, -0.25) is 15.1 Å². The highest BCUT2D eigenvalue weighted by Gasteiger charge is 2.14.